The van der Waals surface area contributed by atoms with E-state index in [0.29, 0.717) is 23.7 Å². The van der Waals surface area contributed by atoms with Crippen LogP contribution in [0.4, 0.5) is 0 Å². The molecular weight excluding hydrogens is 414 g/mol. The van der Waals surface area contributed by atoms with Crippen molar-refractivity contribution in [2.75, 3.05) is 27.4 Å². The van der Waals surface area contributed by atoms with Crippen LogP contribution >= 0.6 is 11.8 Å². The van der Waals surface area contributed by atoms with E-state index in [-0.39, 0.29) is 29.1 Å². The van der Waals surface area contributed by atoms with Crippen LogP contribution in [0.1, 0.15) is 18.9 Å². The van der Waals surface area contributed by atoms with Crippen LogP contribution in [0.15, 0.2) is 39.4 Å². The number of ether oxygens (including phenoxy) is 4. The number of amidine groups is 1. The van der Waals surface area contributed by atoms with Gasteiger partial charge in [-0.1, -0.05) is 6.07 Å². The van der Waals surface area contributed by atoms with Gasteiger partial charge in [0.15, 0.2) is 16.7 Å². The minimum Gasteiger partial charge on any atom is -0.493 e. The van der Waals surface area contributed by atoms with Crippen molar-refractivity contribution in [3.63, 3.8) is 0 Å². The number of carbonyl (C=O) groups is 3. The summed E-state index contributed by atoms with van der Waals surface area (Å²) in [5.41, 5.74) is 0.558. The zero-order chi connectivity index (χ0) is 21.9. The molecule has 1 aromatic carbocycles. The molecule has 1 saturated heterocycles. The van der Waals surface area contributed by atoms with Gasteiger partial charge in [0.1, 0.15) is 0 Å². The maximum Gasteiger partial charge on any atom is 0.331 e. The summed E-state index contributed by atoms with van der Waals surface area (Å²) in [7, 11) is 2.71. The maximum absolute atomic E-state index is 11.8. The molecule has 1 aliphatic heterocycles. The minimum atomic E-state index is -0.640. The molecule has 1 amide bonds. The number of hydrogen-bond donors (Lipinski definition) is 1. The number of thioether (sulfide) groups is 1. The normalized spacial score (nSPS) is 16.0. The molecule has 0 spiro atoms. The molecule has 160 valence electrons. The lowest BCUT2D eigenvalue weighted by Gasteiger charge is -2.12. The number of para-hydroxylation sites is 1. The van der Waals surface area contributed by atoms with Crippen LogP contribution < -0.4 is 14.8 Å². The van der Waals surface area contributed by atoms with E-state index in [1.165, 1.54) is 20.4 Å². The highest BCUT2D eigenvalue weighted by Crippen LogP contribution is 2.30. The zero-order valence-corrected chi connectivity index (χ0v) is 17.5. The Balaban J connectivity index is 2.10. The number of methoxy groups -OCH3 is 2. The molecule has 2 rings (SSSR count). The fourth-order valence-corrected chi connectivity index (χ4v) is 2.94. The second kappa shape index (κ2) is 11.6. The topological polar surface area (TPSA) is 125 Å². The lowest BCUT2D eigenvalue weighted by molar-refractivity contribution is -0.143. The molecule has 10 nitrogen and oxygen atoms in total. The average Bonchev–Trinajstić information content (AvgIpc) is 3.07. The van der Waals surface area contributed by atoms with E-state index in [2.05, 4.69) is 20.3 Å². The predicted octanol–water partition coefficient (Wildman–Crippen LogP) is 1.64. The molecule has 0 aromatic heterocycles. The van der Waals surface area contributed by atoms with Crippen LogP contribution in [0.3, 0.4) is 0 Å². The Labute approximate surface area is 177 Å². The minimum absolute atomic E-state index is 0.0861. The Morgan fingerprint density at radius 2 is 2.07 bits per heavy atom. The van der Waals surface area contributed by atoms with Crippen molar-refractivity contribution in [2.45, 2.75) is 13.3 Å². The largest absolute Gasteiger partial charge is 0.493 e. The van der Waals surface area contributed by atoms with Crippen LogP contribution in [0, 0.1) is 0 Å². The van der Waals surface area contributed by atoms with Crippen molar-refractivity contribution in [2.24, 2.45) is 10.2 Å². The quantitative estimate of drug-likeness (QED) is 0.269. The van der Waals surface area contributed by atoms with Crippen LogP contribution in [0.5, 0.6) is 11.5 Å². The van der Waals surface area contributed by atoms with Crippen molar-refractivity contribution >= 4 is 41.0 Å². The number of carbonyl (C=O) groups excluding carboxylic acids is 3. The van der Waals surface area contributed by atoms with E-state index < -0.39 is 11.9 Å². The molecule has 1 N–H and O–H groups in total. The van der Waals surface area contributed by atoms with Gasteiger partial charge in [-0.3, -0.25) is 14.9 Å². The number of esters is 2. The fraction of sp³-hybridized carbons (Fsp3) is 0.316. The summed E-state index contributed by atoms with van der Waals surface area (Å²) < 4.78 is 20.4. The molecule has 0 aliphatic carbocycles. The molecule has 1 fully saturated rings. The van der Waals surface area contributed by atoms with E-state index in [1.807, 2.05) is 0 Å². The highest BCUT2D eigenvalue weighted by Gasteiger charge is 2.25. The third-order valence-corrected chi connectivity index (χ3v) is 4.43. The molecule has 0 unspecified atom stereocenters. The molecule has 0 atom stereocenters. The first kappa shape index (κ1) is 22.9. The van der Waals surface area contributed by atoms with E-state index in [0.717, 1.165) is 17.8 Å². The van der Waals surface area contributed by atoms with Crippen molar-refractivity contribution in [1.82, 2.24) is 5.32 Å². The van der Waals surface area contributed by atoms with Gasteiger partial charge in [-0.2, -0.15) is 5.10 Å². The fourth-order valence-electron chi connectivity index (χ4n) is 2.20. The Morgan fingerprint density at radius 1 is 1.27 bits per heavy atom. The highest BCUT2D eigenvalue weighted by atomic mass is 32.2. The van der Waals surface area contributed by atoms with Crippen molar-refractivity contribution in [3.8, 4) is 11.5 Å². The summed E-state index contributed by atoms with van der Waals surface area (Å²) in [4.78, 5) is 34.7. The van der Waals surface area contributed by atoms with Gasteiger partial charge < -0.3 is 18.9 Å². The Morgan fingerprint density at radius 3 is 2.77 bits per heavy atom. The summed E-state index contributed by atoms with van der Waals surface area (Å²) in [5, 5.41) is 10.6. The summed E-state index contributed by atoms with van der Waals surface area (Å²) in [5.74, 6) is -0.620. The highest BCUT2D eigenvalue weighted by molar-refractivity contribution is 8.18. The predicted molar refractivity (Wildman–Crippen MR) is 111 cm³/mol. The first-order chi connectivity index (χ1) is 14.5. The van der Waals surface area contributed by atoms with Gasteiger partial charge in [0.05, 0.1) is 45.0 Å². The molecule has 0 radical (unpaired) electrons. The van der Waals surface area contributed by atoms with Gasteiger partial charge in [-0.15, -0.1) is 5.10 Å². The first-order valence-electron chi connectivity index (χ1n) is 8.83. The SMILES string of the molecule is CCOC(=O)CCOc1c(C=N/N=C2/NC(=O)/C(=C\C(=O)OC)S2)cccc1OC. The monoisotopic (exact) mass is 435 g/mol. The van der Waals surface area contributed by atoms with Gasteiger partial charge in [0.25, 0.3) is 5.91 Å². The second-order valence-corrected chi connectivity index (χ2v) is 6.55. The summed E-state index contributed by atoms with van der Waals surface area (Å²) in [6.07, 6.45) is 2.58. The number of nitrogens with one attached hydrogen (secondary N) is 1. The van der Waals surface area contributed by atoms with E-state index in [4.69, 9.17) is 14.2 Å². The summed E-state index contributed by atoms with van der Waals surface area (Å²) in [6.45, 7) is 2.13. The van der Waals surface area contributed by atoms with Gasteiger partial charge in [0, 0.05) is 11.6 Å². The van der Waals surface area contributed by atoms with Gasteiger partial charge in [-0.05, 0) is 30.8 Å². The maximum atomic E-state index is 11.8. The van der Waals surface area contributed by atoms with E-state index >= 15 is 0 Å². The van der Waals surface area contributed by atoms with Crippen LogP contribution in [-0.2, 0) is 23.9 Å². The molecule has 11 heteroatoms. The Hall–Kier alpha value is -3.34. The molecule has 0 saturated carbocycles. The molecule has 1 aliphatic rings. The third kappa shape index (κ3) is 6.62. The van der Waals surface area contributed by atoms with Crippen LogP contribution in [0.25, 0.3) is 0 Å². The smallest absolute Gasteiger partial charge is 0.331 e. The lowest BCUT2D eigenvalue weighted by Crippen LogP contribution is -2.19. The molecule has 0 bridgehead atoms. The average molecular weight is 435 g/mol. The summed E-state index contributed by atoms with van der Waals surface area (Å²) >= 11 is 0.960. The van der Waals surface area contributed by atoms with Crippen LogP contribution in [-0.4, -0.2) is 56.7 Å². The molecule has 30 heavy (non-hydrogen) atoms. The zero-order valence-electron chi connectivity index (χ0n) is 16.7. The van der Waals surface area contributed by atoms with Crippen molar-refractivity contribution in [3.05, 3.63) is 34.7 Å². The Kier molecular flexibility index (Phi) is 8.88. The molecular formula is C19H21N3O7S. The molecule has 1 heterocycles. The number of nitrogens with zero attached hydrogens (tertiary/aromatic N) is 2. The lowest BCUT2D eigenvalue weighted by atomic mass is 10.2. The third-order valence-electron chi connectivity index (χ3n) is 3.53. The second-order valence-electron chi connectivity index (χ2n) is 5.52. The van der Waals surface area contributed by atoms with Crippen LogP contribution in [0.2, 0.25) is 0 Å². The first-order valence-corrected chi connectivity index (χ1v) is 9.65. The van der Waals surface area contributed by atoms with E-state index in [1.54, 1.807) is 25.1 Å². The molecule has 1 aromatic rings. The summed E-state index contributed by atoms with van der Waals surface area (Å²) in [6, 6.07) is 5.18. The number of hydrogen-bond acceptors (Lipinski definition) is 10. The van der Waals surface area contributed by atoms with Crippen molar-refractivity contribution in [1.29, 1.82) is 0 Å². The number of amides is 1. The standard InChI is InChI=1S/C19H21N3O7S/c1-4-28-15(23)8-9-29-17-12(6-5-7-13(17)26-2)11-20-22-19-21-18(25)14(30-19)10-16(24)27-3/h5-7,10-11H,4,8-9H2,1-3H3,(H,21,22,25)/b14-10+,20-11?. The van der Waals surface area contributed by atoms with Gasteiger partial charge in [-0.25, -0.2) is 4.79 Å². The van der Waals surface area contributed by atoms with E-state index in [9.17, 15) is 14.4 Å². The van der Waals surface area contributed by atoms with Gasteiger partial charge in [0.2, 0.25) is 0 Å². The Bertz CT molecular complexity index is 896. The van der Waals surface area contributed by atoms with Crippen molar-refractivity contribution < 1.29 is 33.3 Å². The van der Waals surface area contributed by atoms with Gasteiger partial charge >= 0.3 is 11.9 Å². The number of rotatable bonds is 9. The number of benzene rings is 1.